The number of nitrogens with one attached hydrogen (secondary N) is 1. The number of benzene rings is 3. The van der Waals surface area contributed by atoms with Gasteiger partial charge in [-0.2, -0.15) is 13.2 Å². The Morgan fingerprint density at radius 2 is 1.77 bits per heavy atom. The number of ketones is 1. The number of halogens is 3. The maximum Gasteiger partial charge on any atom is 0.416 e. The first-order valence-electron chi connectivity index (χ1n) is 18.3. The highest BCUT2D eigenvalue weighted by Crippen LogP contribution is 2.59. The van der Waals surface area contributed by atoms with Crippen molar-refractivity contribution in [2.45, 2.75) is 89.0 Å². The van der Waals surface area contributed by atoms with Gasteiger partial charge in [0, 0.05) is 42.5 Å². The van der Waals surface area contributed by atoms with E-state index in [-0.39, 0.29) is 36.0 Å². The van der Waals surface area contributed by atoms with E-state index in [4.69, 9.17) is 9.47 Å². The zero-order valence-corrected chi connectivity index (χ0v) is 31.0. The Balaban J connectivity index is 1.56. The Kier molecular flexibility index (Phi) is 12.7. The molecule has 8 nitrogen and oxygen atoms in total. The minimum absolute atomic E-state index is 0.00951. The summed E-state index contributed by atoms with van der Waals surface area (Å²) in [6.45, 7) is 4.77. The first-order valence-corrected chi connectivity index (χ1v) is 18.3. The highest BCUT2D eigenvalue weighted by molar-refractivity contribution is 6.10. The summed E-state index contributed by atoms with van der Waals surface area (Å²) in [4.78, 5) is 29.8. The Morgan fingerprint density at radius 1 is 1.02 bits per heavy atom. The molecule has 0 aliphatic heterocycles. The number of allylic oxidation sites excluding steroid dienone is 2. The fourth-order valence-electron chi connectivity index (χ4n) is 8.03. The average molecular weight is 737 g/mol. The van der Waals surface area contributed by atoms with Gasteiger partial charge in [0.1, 0.15) is 5.75 Å². The zero-order valence-electron chi connectivity index (χ0n) is 31.0. The van der Waals surface area contributed by atoms with Crippen LogP contribution in [0.1, 0.15) is 97.3 Å². The summed E-state index contributed by atoms with van der Waals surface area (Å²) >= 11 is 0. The van der Waals surface area contributed by atoms with Crippen LogP contribution in [0.25, 0.3) is 0 Å². The van der Waals surface area contributed by atoms with E-state index in [2.05, 4.69) is 11.4 Å². The predicted molar refractivity (Wildman–Crippen MR) is 198 cm³/mol. The number of aliphatic hydroxyl groups is 2. The fourth-order valence-corrected chi connectivity index (χ4v) is 8.03. The summed E-state index contributed by atoms with van der Waals surface area (Å²) in [5.41, 5.74) is 0.0147. The molecule has 11 heteroatoms. The van der Waals surface area contributed by atoms with Gasteiger partial charge in [-0.1, -0.05) is 42.8 Å². The van der Waals surface area contributed by atoms with E-state index in [1.54, 1.807) is 49.5 Å². The molecular formula is C42H51F3N2O6. The molecule has 0 saturated heterocycles. The summed E-state index contributed by atoms with van der Waals surface area (Å²) in [5.74, 6) is -0.283. The lowest BCUT2D eigenvalue weighted by Crippen LogP contribution is -2.54. The van der Waals surface area contributed by atoms with Crippen molar-refractivity contribution in [2.75, 3.05) is 39.2 Å². The molecule has 3 aromatic carbocycles. The summed E-state index contributed by atoms with van der Waals surface area (Å²) in [5, 5.41) is 26.7. The number of amides is 2. The largest absolute Gasteiger partial charge is 0.497 e. The molecular weight excluding hydrogens is 685 g/mol. The van der Waals surface area contributed by atoms with Gasteiger partial charge in [-0.3, -0.25) is 4.79 Å². The van der Waals surface area contributed by atoms with E-state index in [9.17, 15) is 33.0 Å². The summed E-state index contributed by atoms with van der Waals surface area (Å²) in [6.07, 6.45) is 0.741. The summed E-state index contributed by atoms with van der Waals surface area (Å²) < 4.78 is 51.8. The van der Waals surface area contributed by atoms with Crippen molar-refractivity contribution in [3.05, 3.63) is 106 Å². The van der Waals surface area contributed by atoms with Gasteiger partial charge in [-0.25, -0.2) is 4.79 Å². The number of methoxy groups -OCH3 is 2. The van der Waals surface area contributed by atoms with Crippen molar-refractivity contribution in [1.29, 1.82) is 0 Å². The van der Waals surface area contributed by atoms with E-state index in [0.29, 0.717) is 80.7 Å². The van der Waals surface area contributed by atoms with Gasteiger partial charge in [-0.15, -0.1) is 0 Å². The normalized spacial score (nSPS) is 23.5. The molecule has 0 heterocycles. The summed E-state index contributed by atoms with van der Waals surface area (Å²) in [7, 11) is 3.15. The second-order valence-electron chi connectivity index (χ2n) is 14.8. The van der Waals surface area contributed by atoms with Crippen molar-refractivity contribution < 1.29 is 42.4 Å². The van der Waals surface area contributed by atoms with Crippen LogP contribution < -0.4 is 10.1 Å². The topological polar surface area (TPSA) is 108 Å². The van der Waals surface area contributed by atoms with Crippen LogP contribution in [0.15, 0.2) is 78.4 Å². The Labute approximate surface area is 310 Å². The van der Waals surface area contributed by atoms with Crippen LogP contribution in [0.5, 0.6) is 5.75 Å². The van der Waals surface area contributed by atoms with Gasteiger partial charge in [0.25, 0.3) is 0 Å². The third-order valence-corrected chi connectivity index (χ3v) is 11.2. The van der Waals surface area contributed by atoms with Crippen LogP contribution in [-0.2, 0) is 17.3 Å². The van der Waals surface area contributed by atoms with Gasteiger partial charge >= 0.3 is 12.2 Å². The molecule has 0 radical (unpaired) electrons. The standard InChI is InChI=1S/C42H51F3N2O6/c1-28-8-6-20-40(2)37(19-21-41(40,51)27-47(22-7-23-52-3)39(50)46-32-13-16-34(53-4)17-14-32)35-18-12-29(24-33(48)15-11-28)25-36(35)38(49)30-9-5-10-31(26-30)42(43,44)45/h5,8-10,12-14,16-18,25-26,33,37,48,51H,6-7,11,15,19-24,27H2,1-4H3,(H,46,50). The van der Waals surface area contributed by atoms with Gasteiger partial charge in [0.05, 0.1) is 30.9 Å². The molecule has 0 aromatic heterocycles. The second kappa shape index (κ2) is 16.9. The number of carbonyl (C=O) groups excluding carboxylic acids is 2. The lowest BCUT2D eigenvalue weighted by molar-refractivity contribution is -0.137. The summed E-state index contributed by atoms with van der Waals surface area (Å²) in [6, 6.07) is 16.4. The molecule has 1 fully saturated rings. The van der Waals surface area contributed by atoms with E-state index in [1.807, 2.05) is 26.0 Å². The first kappa shape index (κ1) is 40.0. The number of anilines is 1. The highest BCUT2D eigenvalue weighted by atomic mass is 19.4. The quantitative estimate of drug-likeness (QED) is 0.109. The van der Waals surface area contributed by atoms with Crippen LogP contribution in [0, 0.1) is 5.41 Å². The van der Waals surface area contributed by atoms with Crippen molar-refractivity contribution in [3.63, 3.8) is 0 Å². The van der Waals surface area contributed by atoms with E-state index >= 15 is 0 Å². The molecule has 286 valence electrons. The third-order valence-electron chi connectivity index (χ3n) is 11.2. The molecule has 3 aliphatic carbocycles. The predicted octanol–water partition coefficient (Wildman–Crippen LogP) is 8.55. The molecule has 0 spiro atoms. The first-order chi connectivity index (χ1) is 25.2. The monoisotopic (exact) mass is 736 g/mol. The van der Waals surface area contributed by atoms with Crippen LogP contribution in [0.4, 0.5) is 23.7 Å². The molecule has 53 heavy (non-hydrogen) atoms. The van der Waals surface area contributed by atoms with Crippen molar-refractivity contribution in [1.82, 2.24) is 4.90 Å². The van der Waals surface area contributed by atoms with Crippen LogP contribution >= 0.6 is 0 Å². The van der Waals surface area contributed by atoms with Crippen LogP contribution in [0.3, 0.4) is 0 Å². The van der Waals surface area contributed by atoms with E-state index in [0.717, 1.165) is 17.7 Å². The number of aliphatic hydroxyl groups excluding tert-OH is 1. The molecule has 1 saturated carbocycles. The number of fused-ring (bicyclic) bond motifs is 8. The smallest absolute Gasteiger partial charge is 0.416 e. The van der Waals surface area contributed by atoms with Gasteiger partial charge < -0.3 is 29.9 Å². The lowest BCUT2D eigenvalue weighted by atomic mass is 9.64. The SMILES string of the molecule is COCCCN(CC1(O)CCC2c3ccc(cc3C(=O)c3cccc(C(F)(F)F)c3)CC(O)CCC(C)=CCCC21C)C(=O)Nc1ccc(OC)cc1. The number of carbonyl (C=O) groups is 2. The van der Waals surface area contributed by atoms with Crippen molar-refractivity contribution in [3.8, 4) is 5.75 Å². The van der Waals surface area contributed by atoms with Gasteiger partial charge in [0.2, 0.25) is 0 Å². The highest BCUT2D eigenvalue weighted by Gasteiger charge is 2.57. The van der Waals surface area contributed by atoms with Crippen molar-refractivity contribution >= 4 is 17.5 Å². The van der Waals surface area contributed by atoms with Crippen LogP contribution in [-0.4, -0.2) is 72.5 Å². The molecule has 3 N–H and O–H groups in total. The maximum absolute atomic E-state index is 14.3. The van der Waals surface area contributed by atoms with Crippen LogP contribution in [0.2, 0.25) is 0 Å². The molecule has 2 bridgehead atoms. The molecule has 6 rings (SSSR count). The Morgan fingerprint density at radius 3 is 2.47 bits per heavy atom. The lowest BCUT2D eigenvalue weighted by Gasteiger charge is -2.46. The molecule has 4 atom stereocenters. The second-order valence-corrected chi connectivity index (χ2v) is 14.8. The minimum atomic E-state index is -4.63. The molecule has 3 aromatic rings. The Hall–Kier alpha value is -4.19. The number of hydrogen-bond donors (Lipinski definition) is 3. The Bertz CT molecular complexity index is 1780. The third kappa shape index (κ3) is 9.31. The minimum Gasteiger partial charge on any atom is -0.497 e. The van der Waals surface area contributed by atoms with Gasteiger partial charge in [-0.05, 0) is 118 Å². The van der Waals surface area contributed by atoms with E-state index < -0.39 is 34.6 Å². The fraction of sp³-hybridized carbons (Fsp3) is 0.476. The molecule has 2 amide bonds. The maximum atomic E-state index is 14.3. The number of alkyl halides is 3. The average Bonchev–Trinajstić information content (AvgIpc) is 3.38. The van der Waals surface area contributed by atoms with Crippen molar-refractivity contribution in [2.24, 2.45) is 5.41 Å². The van der Waals surface area contributed by atoms with E-state index in [1.165, 1.54) is 12.1 Å². The molecule has 3 aliphatic rings. The number of hydrogen-bond acceptors (Lipinski definition) is 6. The zero-order chi connectivity index (χ0) is 38.4. The number of nitrogens with zero attached hydrogens (tertiary/aromatic N) is 1. The number of rotatable bonds is 10. The molecule has 4 unspecified atom stereocenters. The van der Waals surface area contributed by atoms with Gasteiger partial charge in [0.15, 0.2) is 5.78 Å². The number of urea groups is 1. The number of ether oxygens (including phenoxy) is 2.